The molecular weight excluding hydrogens is 302 g/mol. The fourth-order valence-corrected chi connectivity index (χ4v) is 3.86. The first-order valence-electron chi connectivity index (χ1n) is 7.93. The Morgan fingerprint density at radius 2 is 2.05 bits per heavy atom. The van der Waals surface area contributed by atoms with E-state index in [1.54, 1.807) is 6.92 Å². The molecule has 1 spiro atoms. The Balaban J connectivity index is 1.62. The fourth-order valence-electron chi connectivity index (χ4n) is 3.64. The van der Waals surface area contributed by atoms with Crippen LogP contribution in [0.5, 0.6) is 0 Å². The van der Waals surface area contributed by atoms with E-state index in [0.29, 0.717) is 13.0 Å². The van der Waals surface area contributed by atoms with Crippen LogP contribution in [0.4, 0.5) is 0 Å². The number of aliphatic hydroxyl groups excluding tert-OH is 1. The molecule has 0 aliphatic carbocycles. The summed E-state index contributed by atoms with van der Waals surface area (Å²) in [4.78, 5) is 2.34. The molecule has 2 fully saturated rings. The summed E-state index contributed by atoms with van der Waals surface area (Å²) in [6.45, 7) is 4.76. The number of halogens is 1. The number of rotatable bonds is 2. The van der Waals surface area contributed by atoms with E-state index in [-0.39, 0.29) is 0 Å². The molecule has 122 valence electrons. The molecule has 0 amide bonds. The average molecular weight is 326 g/mol. The highest BCUT2D eigenvalue weighted by Gasteiger charge is 2.52. The predicted octanol–water partition coefficient (Wildman–Crippen LogP) is 2.21. The van der Waals surface area contributed by atoms with Crippen LogP contribution in [-0.4, -0.2) is 52.1 Å². The van der Waals surface area contributed by atoms with Gasteiger partial charge in [0.25, 0.3) is 0 Å². The molecule has 1 aromatic rings. The Kier molecular flexibility index (Phi) is 4.49. The number of piperidine rings is 1. The molecule has 0 radical (unpaired) electrons. The molecule has 0 saturated carbocycles. The van der Waals surface area contributed by atoms with Gasteiger partial charge in [-0.05, 0) is 37.5 Å². The van der Waals surface area contributed by atoms with E-state index < -0.39 is 17.3 Å². The number of benzene rings is 1. The van der Waals surface area contributed by atoms with Gasteiger partial charge in [-0.15, -0.1) is 0 Å². The van der Waals surface area contributed by atoms with E-state index in [2.05, 4.69) is 11.0 Å². The summed E-state index contributed by atoms with van der Waals surface area (Å²) >= 11 is 6.03. The van der Waals surface area contributed by atoms with E-state index in [9.17, 15) is 10.2 Å². The zero-order valence-corrected chi connectivity index (χ0v) is 13.7. The Bertz CT molecular complexity index is 526. The van der Waals surface area contributed by atoms with Crippen LogP contribution in [-0.2, 0) is 11.3 Å². The van der Waals surface area contributed by atoms with E-state index in [4.69, 9.17) is 16.3 Å². The molecule has 2 N–H and O–H groups in total. The molecule has 22 heavy (non-hydrogen) atoms. The van der Waals surface area contributed by atoms with E-state index in [1.165, 1.54) is 5.56 Å². The summed E-state index contributed by atoms with van der Waals surface area (Å²) in [6.07, 6.45) is 1.15. The van der Waals surface area contributed by atoms with Gasteiger partial charge in [0, 0.05) is 31.1 Å². The maximum Gasteiger partial charge on any atom is 0.111 e. The molecule has 2 heterocycles. The highest BCUT2D eigenvalue weighted by Crippen LogP contribution is 2.39. The van der Waals surface area contributed by atoms with Gasteiger partial charge in [0.15, 0.2) is 0 Å². The minimum absolute atomic E-state index is 0.488. The highest BCUT2D eigenvalue weighted by atomic mass is 35.5. The fraction of sp³-hybridized carbons (Fsp3) is 0.647. The smallest absolute Gasteiger partial charge is 0.111 e. The maximum atomic E-state index is 10.5. The van der Waals surface area contributed by atoms with Crippen LogP contribution >= 0.6 is 11.6 Å². The molecule has 4 nitrogen and oxygen atoms in total. The molecule has 1 aromatic carbocycles. The SMILES string of the molecule is C[C@@]1(O)CCOC2(CCN(Cc3cccc(Cl)c3)CC2)[C@H]1O. The quantitative estimate of drug-likeness (QED) is 0.875. The van der Waals surface area contributed by atoms with Gasteiger partial charge in [0.1, 0.15) is 6.10 Å². The van der Waals surface area contributed by atoms with Crippen LogP contribution in [0.1, 0.15) is 31.7 Å². The Hall–Kier alpha value is -0.650. The number of hydrogen-bond donors (Lipinski definition) is 2. The Morgan fingerprint density at radius 3 is 2.73 bits per heavy atom. The molecule has 2 atom stereocenters. The third-order valence-electron chi connectivity index (χ3n) is 5.08. The van der Waals surface area contributed by atoms with Crippen molar-refractivity contribution >= 4 is 11.6 Å². The average Bonchev–Trinajstić information content (AvgIpc) is 2.47. The zero-order chi connectivity index (χ0) is 15.8. The molecule has 2 saturated heterocycles. The third kappa shape index (κ3) is 3.17. The van der Waals surface area contributed by atoms with Crippen LogP contribution in [0.2, 0.25) is 5.02 Å². The number of aliphatic hydroxyl groups is 2. The van der Waals surface area contributed by atoms with Crippen molar-refractivity contribution in [2.24, 2.45) is 0 Å². The lowest BCUT2D eigenvalue weighted by Gasteiger charge is -2.51. The van der Waals surface area contributed by atoms with Gasteiger partial charge in [-0.25, -0.2) is 0 Å². The summed E-state index contributed by atoms with van der Waals surface area (Å²) in [5.74, 6) is 0. The summed E-state index contributed by atoms with van der Waals surface area (Å²) < 4.78 is 5.91. The van der Waals surface area contributed by atoms with Gasteiger partial charge in [-0.2, -0.15) is 0 Å². The van der Waals surface area contributed by atoms with Crippen molar-refractivity contribution in [1.29, 1.82) is 0 Å². The van der Waals surface area contributed by atoms with Crippen molar-refractivity contribution in [3.63, 3.8) is 0 Å². The van der Waals surface area contributed by atoms with Gasteiger partial charge in [-0.3, -0.25) is 4.90 Å². The lowest BCUT2D eigenvalue weighted by molar-refractivity contribution is -0.246. The van der Waals surface area contributed by atoms with Crippen LogP contribution in [0.15, 0.2) is 24.3 Å². The number of nitrogens with zero attached hydrogens (tertiary/aromatic N) is 1. The lowest BCUT2D eigenvalue weighted by atomic mass is 9.75. The Labute approximate surface area is 136 Å². The first-order chi connectivity index (χ1) is 10.4. The molecule has 5 heteroatoms. The van der Waals surface area contributed by atoms with Crippen molar-refractivity contribution in [2.75, 3.05) is 19.7 Å². The first kappa shape index (κ1) is 16.2. The van der Waals surface area contributed by atoms with Crippen LogP contribution < -0.4 is 0 Å². The van der Waals surface area contributed by atoms with Gasteiger partial charge < -0.3 is 14.9 Å². The maximum absolute atomic E-state index is 10.5. The Morgan fingerprint density at radius 1 is 1.32 bits per heavy atom. The van der Waals surface area contributed by atoms with Crippen molar-refractivity contribution in [3.05, 3.63) is 34.9 Å². The monoisotopic (exact) mass is 325 g/mol. The third-order valence-corrected chi connectivity index (χ3v) is 5.32. The van der Waals surface area contributed by atoms with Crippen molar-refractivity contribution < 1.29 is 14.9 Å². The second-order valence-electron chi connectivity index (χ2n) is 6.83. The van der Waals surface area contributed by atoms with Crippen molar-refractivity contribution in [2.45, 2.75) is 50.0 Å². The molecular formula is C17H24ClNO3. The standard InChI is InChI=1S/C17H24ClNO3/c1-16(21)7-10-22-17(15(16)20)5-8-19(9-6-17)12-13-3-2-4-14(18)11-13/h2-4,11,15,20-21H,5-10,12H2,1H3/t15-,16+/m0/s1. The lowest BCUT2D eigenvalue weighted by Crippen LogP contribution is -2.64. The van der Waals surface area contributed by atoms with E-state index in [1.807, 2.05) is 18.2 Å². The van der Waals surface area contributed by atoms with Crippen LogP contribution in [0.25, 0.3) is 0 Å². The minimum atomic E-state index is -1.05. The summed E-state index contributed by atoms with van der Waals surface area (Å²) in [6, 6.07) is 7.91. The van der Waals surface area contributed by atoms with Crippen LogP contribution in [0.3, 0.4) is 0 Å². The zero-order valence-electron chi connectivity index (χ0n) is 13.0. The van der Waals surface area contributed by atoms with Crippen LogP contribution in [0, 0.1) is 0 Å². The predicted molar refractivity (Wildman–Crippen MR) is 85.9 cm³/mol. The first-order valence-corrected chi connectivity index (χ1v) is 8.30. The topological polar surface area (TPSA) is 52.9 Å². The summed E-state index contributed by atoms with van der Waals surface area (Å²) in [5.41, 5.74) is -0.444. The largest absolute Gasteiger partial charge is 0.387 e. The number of hydrogen-bond acceptors (Lipinski definition) is 4. The molecule has 0 bridgehead atoms. The molecule has 2 aliphatic rings. The minimum Gasteiger partial charge on any atom is -0.387 e. The normalized spacial score (nSPS) is 32.3. The van der Waals surface area contributed by atoms with Gasteiger partial charge in [0.2, 0.25) is 0 Å². The van der Waals surface area contributed by atoms with Gasteiger partial charge in [0.05, 0.1) is 17.8 Å². The molecule has 0 unspecified atom stereocenters. The highest BCUT2D eigenvalue weighted by molar-refractivity contribution is 6.30. The van der Waals surface area contributed by atoms with Gasteiger partial charge in [-0.1, -0.05) is 23.7 Å². The van der Waals surface area contributed by atoms with Crippen molar-refractivity contribution in [1.82, 2.24) is 4.90 Å². The second-order valence-corrected chi connectivity index (χ2v) is 7.27. The number of likely N-dealkylation sites (tertiary alicyclic amines) is 1. The van der Waals surface area contributed by atoms with Crippen molar-refractivity contribution in [3.8, 4) is 0 Å². The van der Waals surface area contributed by atoms with Gasteiger partial charge >= 0.3 is 0 Å². The molecule has 3 rings (SSSR count). The second kappa shape index (κ2) is 6.10. The summed E-state index contributed by atoms with van der Waals surface area (Å²) in [5, 5.41) is 21.6. The van der Waals surface area contributed by atoms with E-state index in [0.717, 1.165) is 37.5 Å². The summed E-state index contributed by atoms with van der Waals surface area (Å²) in [7, 11) is 0. The number of ether oxygens (including phenoxy) is 1. The molecule has 2 aliphatic heterocycles. The van der Waals surface area contributed by atoms with E-state index >= 15 is 0 Å². The molecule has 0 aromatic heterocycles.